The van der Waals surface area contributed by atoms with Crippen molar-refractivity contribution in [2.45, 2.75) is 38.7 Å². The van der Waals surface area contributed by atoms with Crippen molar-refractivity contribution in [3.63, 3.8) is 0 Å². The molecule has 0 bridgehead atoms. The van der Waals surface area contributed by atoms with Gasteiger partial charge in [0.1, 0.15) is 17.0 Å². The molecule has 1 fully saturated rings. The minimum atomic E-state index is -0.981. The molecule has 0 amide bonds. The second-order valence-corrected chi connectivity index (χ2v) is 9.25. The van der Waals surface area contributed by atoms with Crippen molar-refractivity contribution >= 4 is 11.3 Å². The summed E-state index contributed by atoms with van der Waals surface area (Å²) in [6.07, 6.45) is 3.49. The maximum absolute atomic E-state index is 14.1. The van der Waals surface area contributed by atoms with Gasteiger partial charge in [-0.1, -0.05) is 42.5 Å². The first-order valence-electron chi connectivity index (χ1n) is 12.1. The fraction of sp³-hybridized carbons (Fsp3) is 0.357. The number of hydrogen-bond acceptors (Lipinski definition) is 5. The Morgan fingerprint density at radius 2 is 1.66 bits per heavy atom. The third kappa shape index (κ3) is 3.90. The van der Waals surface area contributed by atoms with Crippen LogP contribution < -0.4 is 15.2 Å². The standard InChI is InChI=1S/C28H32N4O3/c1-19-23(28(2,35-4)21-13-15-22(34-3)16-14-21)27(33)32-26(29-19)25(31-17-9-6-10-18-31)24(30-32)20-11-7-5-8-12-20/h5,7-8,11-16,30H,6,9-10,17-18H2,1-4H3. The molecule has 182 valence electrons. The highest BCUT2D eigenvalue weighted by Gasteiger charge is 2.36. The SMILES string of the molecule is COc1ccc(C(C)(OC)c2c(C)nc3c(N4CCCCC4)c(-c4ccccc4)[nH]n3c2=O)cc1. The smallest absolute Gasteiger partial charge is 0.279 e. The molecular weight excluding hydrogens is 440 g/mol. The number of hydrogen-bond donors (Lipinski definition) is 1. The Balaban J connectivity index is 1.75. The van der Waals surface area contributed by atoms with E-state index in [0.29, 0.717) is 16.9 Å². The van der Waals surface area contributed by atoms with Gasteiger partial charge in [-0.25, -0.2) is 4.98 Å². The molecule has 4 aromatic rings. The number of nitrogens with zero attached hydrogens (tertiary/aromatic N) is 3. The van der Waals surface area contributed by atoms with Gasteiger partial charge in [0, 0.05) is 25.8 Å². The van der Waals surface area contributed by atoms with E-state index < -0.39 is 5.60 Å². The Labute approximate surface area is 205 Å². The number of aryl methyl sites for hydroxylation is 1. The molecule has 2 aromatic carbocycles. The van der Waals surface area contributed by atoms with E-state index in [2.05, 4.69) is 22.1 Å². The molecule has 1 N–H and O–H groups in total. The molecule has 1 aliphatic rings. The molecule has 0 saturated carbocycles. The summed E-state index contributed by atoms with van der Waals surface area (Å²) in [4.78, 5) is 21.5. The molecule has 1 aliphatic heterocycles. The van der Waals surface area contributed by atoms with Crippen molar-refractivity contribution in [1.29, 1.82) is 0 Å². The average Bonchev–Trinajstić information content (AvgIpc) is 3.29. The normalized spacial score (nSPS) is 15.8. The fourth-order valence-corrected chi connectivity index (χ4v) is 5.21. The van der Waals surface area contributed by atoms with Gasteiger partial charge in [0.05, 0.1) is 24.1 Å². The summed E-state index contributed by atoms with van der Waals surface area (Å²) >= 11 is 0. The highest BCUT2D eigenvalue weighted by Crippen LogP contribution is 2.37. The van der Waals surface area contributed by atoms with Crippen LogP contribution >= 0.6 is 0 Å². The third-order valence-corrected chi connectivity index (χ3v) is 7.20. The van der Waals surface area contributed by atoms with Crippen molar-refractivity contribution in [1.82, 2.24) is 14.6 Å². The molecular formula is C28H32N4O3. The van der Waals surface area contributed by atoms with Crippen LogP contribution in [0.15, 0.2) is 59.4 Å². The topological polar surface area (TPSA) is 71.9 Å². The number of piperidine rings is 1. The van der Waals surface area contributed by atoms with Gasteiger partial charge in [-0.15, -0.1) is 0 Å². The third-order valence-electron chi connectivity index (χ3n) is 7.20. The van der Waals surface area contributed by atoms with Gasteiger partial charge in [0.15, 0.2) is 5.65 Å². The van der Waals surface area contributed by atoms with E-state index in [1.165, 1.54) is 6.42 Å². The number of H-pyrrole nitrogens is 1. The minimum Gasteiger partial charge on any atom is -0.497 e. The van der Waals surface area contributed by atoms with Crippen LogP contribution in [0.1, 0.15) is 43.0 Å². The molecule has 0 radical (unpaired) electrons. The molecule has 0 aliphatic carbocycles. The number of nitrogens with one attached hydrogen (secondary N) is 1. The molecule has 1 atom stereocenters. The lowest BCUT2D eigenvalue weighted by atomic mass is 9.87. The number of methoxy groups -OCH3 is 2. The quantitative estimate of drug-likeness (QED) is 0.432. The summed E-state index contributed by atoms with van der Waals surface area (Å²) in [5.74, 6) is 0.747. The van der Waals surface area contributed by atoms with E-state index in [9.17, 15) is 4.79 Å². The maximum atomic E-state index is 14.1. The summed E-state index contributed by atoms with van der Waals surface area (Å²) in [6.45, 7) is 5.71. The molecule has 3 heterocycles. The number of ether oxygens (including phenoxy) is 2. The van der Waals surface area contributed by atoms with Gasteiger partial charge < -0.3 is 14.4 Å². The second kappa shape index (κ2) is 9.23. The Morgan fingerprint density at radius 1 is 0.971 bits per heavy atom. The first-order chi connectivity index (χ1) is 17.0. The molecule has 7 heteroatoms. The lowest BCUT2D eigenvalue weighted by Gasteiger charge is -2.30. The number of rotatable bonds is 6. The monoisotopic (exact) mass is 472 g/mol. The van der Waals surface area contributed by atoms with Gasteiger partial charge in [0.2, 0.25) is 0 Å². The Hall–Kier alpha value is -3.58. The van der Waals surface area contributed by atoms with E-state index in [0.717, 1.165) is 54.2 Å². The van der Waals surface area contributed by atoms with Crippen LogP contribution in [0.25, 0.3) is 16.9 Å². The van der Waals surface area contributed by atoms with E-state index in [1.54, 1.807) is 18.7 Å². The summed E-state index contributed by atoms with van der Waals surface area (Å²) in [5, 5.41) is 3.40. The highest BCUT2D eigenvalue weighted by atomic mass is 16.5. The maximum Gasteiger partial charge on any atom is 0.279 e. The summed E-state index contributed by atoms with van der Waals surface area (Å²) in [5.41, 5.74) is 4.48. The second-order valence-electron chi connectivity index (χ2n) is 9.25. The van der Waals surface area contributed by atoms with E-state index >= 15 is 0 Å². The molecule has 2 aromatic heterocycles. The molecule has 1 unspecified atom stereocenters. The first-order valence-corrected chi connectivity index (χ1v) is 12.1. The predicted octanol–water partition coefficient (Wildman–Crippen LogP) is 4.91. The lowest BCUT2D eigenvalue weighted by molar-refractivity contribution is 0.0367. The fourth-order valence-electron chi connectivity index (χ4n) is 5.21. The molecule has 35 heavy (non-hydrogen) atoms. The van der Waals surface area contributed by atoms with Gasteiger partial charge in [-0.05, 0) is 50.8 Å². The zero-order valence-electron chi connectivity index (χ0n) is 20.8. The molecule has 5 rings (SSSR count). The van der Waals surface area contributed by atoms with Crippen LogP contribution in [-0.4, -0.2) is 41.9 Å². The average molecular weight is 473 g/mol. The Kier molecular flexibility index (Phi) is 6.11. The van der Waals surface area contributed by atoms with Gasteiger partial charge in [-0.3, -0.25) is 9.89 Å². The summed E-state index contributed by atoms with van der Waals surface area (Å²) in [7, 11) is 3.26. The van der Waals surface area contributed by atoms with Crippen LogP contribution in [0.4, 0.5) is 5.69 Å². The first kappa shape index (κ1) is 23.2. The summed E-state index contributed by atoms with van der Waals surface area (Å²) in [6, 6.07) is 17.8. The van der Waals surface area contributed by atoms with E-state index in [4.69, 9.17) is 14.5 Å². The van der Waals surface area contributed by atoms with Gasteiger partial charge in [-0.2, -0.15) is 4.52 Å². The van der Waals surface area contributed by atoms with Crippen LogP contribution in [0, 0.1) is 6.92 Å². The van der Waals surface area contributed by atoms with Crippen LogP contribution in [0.5, 0.6) is 5.75 Å². The van der Waals surface area contributed by atoms with E-state index in [-0.39, 0.29) is 5.56 Å². The zero-order chi connectivity index (χ0) is 24.6. The van der Waals surface area contributed by atoms with Crippen LogP contribution in [0.2, 0.25) is 0 Å². The van der Waals surface area contributed by atoms with E-state index in [1.807, 2.05) is 56.3 Å². The Bertz CT molecular complexity index is 1390. The molecule has 1 saturated heterocycles. The van der Waals surface area contributed by atoms with Crippen molar-refractivity contribution in [3.8, 4) is 17.0 Å². The van der Waals surface area contributed by atoms with Crippen molar-refractivity contribution < 1.29 is 9.47 Å². The largest absolute Gasteiger partial charge is 0.497 e. The van der Waals surface area contributed by atoms with Gasteiger partial charge in [0.25, 0.3) is 5.56 Å². The lowest BCUT2D eigenvalue weighted by Crippen LogP contribution is -2.37. The molecule has 7 nitrogen and oxygen atoms in total. The van der Waals surface area contributed by atoms with Gasteiger partial charge >= 0.3 is 0 Å². The number of benzene rings is 2. The van der Waals surface area contributed by atoms with Crippen LogP contribution in [0.3, 0.4) is 0 Å². The minimum absolute atomic E-state index is 0.159. The number of aromatic nitrogens is 3. The number of fused-ring (bicyclic) bond motifs is 1. The van der Waals surface area contributed by atoms with Crippen molar-refractivity contribution in [2.24, 2.45) is 0 Å². The number of anilines is 1. The predicted molar refractivity (Wildman–Crippen MR) is 139 cm³/mol. The Morgan fingerprint density at radius 3 is 2.29 bits per heavy atom. The summed E-state index contributed by atoms with van der Waals surface area (Å²) < 4.78 is 12.9. The number of aromatic amines is 1. The van der Waals surface area contributed by atoms with Crippen molar-refractivity contribution in [2.75, 3.05) is 32.2 Å². The van der Waals surface area contributed by atoms with Crippen molar-refractivity contribution in [3.05, 3.63) is 81.8 Å². The molecule has 0 spiro atoms. The highest BCUT2D eigenvalue weighted by molar-refractivity contribution is 5.86. The zero-order valence-corrected chi connectivity index (χ0v) is 20.8. The van der Waals surface area contributed by atoms with Crippen LogP contribution in [-0.2, 0) is 10.3 Å².